The Hall–Kier alpha value is -3.03. The van der Waals surface area contributed by atoms with Gasteiger partial charge in [-0.1, -0.05) is 38.5 Å². The minimum atomic E-state index is -0.500. The van der Waals surface area contributed by atoms with Crippen molar-refractivity contribution in [2.75, 3.05) is 31.8 Å². The van der Waals surface area contributed by atoms with Crippen LogP contribution in [0.2, 0.25) is 0 Å². The molecule has 0 radical (unpaired) electrons. The van der Waals surface area contributed by atoms with Crippen LogP contribution in [0, 0.1) is 20.8 Å². The number of aryl methyl sites for hydroxylation is 2. The van der Waals surface area contributed by atoms with Crippen LogP contribution in [0.15, 0.2) is 36.4 Å². The number of carbonyl (C=O) groups excluding carboxylic acids is 1. The third-order valence-electron chi connectivity index (χ3n) is 6.18. The molecule has 0 unspecified atom stereocenters. The van der Waals surface area contributed by atoms with Gasteiger partial charge >= 0.3 is 5.97 Å². The first-order valence-corrected chi connectivity index (χ1v) is 15.6. The van der Waals surface area contributed by atoms with Crippen LogP contribution in [-0.2, 0) is 21.7 Å². The zero-order valence-corrected chi connectivity index (χ0v) is 27.3. The van der Waals surface area contributed by atoms with Crippen molar-refractivity contribution in [3.05, 3.63) is 64.3 Å². The average molecular weight is 581 g/mol. The minimum Gasteiger partial charge on any atom is -0.490 e. The Morgan fingerprint density at radius 2 is 1.71 bits per heavy atom. The predicted molar refractivity (Wildman–Crippen MR) is 174 cm³/mol. The van der Waals surface area contributed by atoms with Gasteiger partial charge in [0.25, 0.3) is 0 Å². The Morgan fingerprint density at radius 3 is 2.29 bits per heavy atom. The number of rotatable bonds is 6. The number of thioether (sulfide) groups is 1. The molecule has 1 aliphatic heterocycles. The third kappa shape index (κ3) is 10.1. The second kappa shape index (κ2) is 15.8. The number of aliphatic hydroxyl groups is 1. The molecule has 4 rings (SSSR count). The van der Waals surface area contributed by atoms with E-state index in [1.807, 2.05) is 6.07 Å². The summed E-state index contributed by atoms with van der Waals surface area (Å²) >= 11 is 1.70. The van der Waals surface area contributed by atoms with E-state index < -0.39 is 5.60 Å². The summed E-state index contributed by atoms with van der Waals surface area (Å²) in [5, 5.41) is 11.9. The van der Waals surface area contributed by atoms with Gasteiger partial charge in [0.15, 0.2) is 0 Å². The van der Waals surface area contributed by atoms with E-state index in [2.05, 4.69) is 76.5 Å². The zero-order chi connectivity index (χ0) is 30.7. The monoisotopic (exact) mass is 580 g/mol. The van der Waals surface area contributed by atoms with E-state index in [9.17, 15) is 4.79 Å². The highest BCUT2D eigenvalue weighted by molar-refractivity contribution is 7.97. The van der Waals surface area contributed by atoms with Gasteiger partial charge in [0.2, 0.25) is 0 Å². The normalized spacial score (nSPS) is 12.0. The number of ether oxygens (including phenoxy) is 2. The van der Waals surface area contributed by atoms with Crippen molar-refractivity contribution in [1.29, 1.82) is 0 Å². The molecule has 2 aromatic carbocycles. The number of anilines is 1. The van der Waals surface area contributed by atoms with Crippen molar-refractivity contribution in [3.63, 3.8) is 0 Å². The van der Waals surface area contributed by atoms with Crippen LogP contribution in [-0.4, -0.2) is 48.2 Å². The van der Waals surface area contributed by atoms with E-state index in [0.717, 1.165) is 57.2 Å². The molecule has 1 aromatic heterocycles. The van der Waals surface area contributed by atoms with E-state index >= 15 is 0 Å². The summed E-state index contributed by atoms with van der Waals surface area (Å²) in [5.41, 5.74) is 9.98. The van der Waals surface area contributed by atoms with Crippen molar-refractivity contribution in [1.82, 2.24) is 4.98 Å². The highest BCUT2D eigenvalue weighted by Crippen LogP contribution is 2.40. The molecular formula is C34H48N2O4S. The summed E-state index contributed by atoms with van der Waals surface area (Å²) in [6, 6.07) is 12.7. The van der Waals surface area contributed by atoms with Crippen LogP contribution in [0.4, 0.5) is 5.69 Å². The lowest BCUT2D eigenvalue weighted by Crippen LogP contribution is -2.18. The molecule has 0 fully saturated rings. The van der Waals surface area contributed by atoms with Gasteiger partial charge in [-0.2, -0.15) is 11.8 Å². The lowest BCUT2D eigenvalue weighted by atomic mass is 9.89. The molecule has 2 N–H and O–H groups in total. The Balaban J connectivity index is 0.000000653. The first-order chi connectivity index (χ1) is 19.3. The van der Waals surface area contributed by atoms with Crippen LogP contribution < -0.4 is 10.1 Å². The number of fused-ring (bicyclic) bond motifs is 1. The molecule has 1 aliphatic rings. The summed E-state index contributed by atoms with van der Waals surface area (Å²) in [6.07, 6.45) is 3.49. The summed E-state index contributed by atoms with van der Waals surface area (Å²) < 4.78 is 10.8. The van der Waals surface area contributed by atoms with Crippen LogP contribution in [0.25, 0.3) is 22.4 Å². The van der Waals surface area contributed by atoms with Crippen LogP contribution in [0.3, 0.4) is 0 Å². The fourth-order valence-corrected chi connectivity index (χ4v) is 4.81. The summed E-state index contributed by atoms with van der Waals surface area (Å²) in [6.45, 7) is 17.2. The van der Waals surface area contributed by atoms with Crippen molar-refractivity contribution in [3.8, 4) is 28.1 Å². The molecule has 0 saturated heterocycles. The third-order valence-corrected chi connectivity index (χ3v) is 6.74. The molecule has 0 atom stereocenters. The Bertz CT molecular complexity index is 1310. The molecule has 6 nitrogen and oxygen atoms in total. The van der Waals surface area contributed by atoms with Crippen molar-refractivity contribution in [2.45, 2.75) is 79.6 Å². The number of carbonyl (C=O) groups is 1. The highest BCUT2D eigenvalue weighted by atomic mass is 32.2. The van der Waals surface area contributed by atoms with Crippen molar-refractivity contribution < 1.29 is 19.4 Å². The van der Waals surface area contributed by atoms with Gasteiger partial charge in [-0.3, -0.25) is 9.78 Å². The van der Waals surface area contributed by atoms with Gasteiger partial charge in [-0.05, 0) is 99.4 Å². The SMILES string of the molecule is CC(C)(C)O.CCC.COC(=O)Cc1c(CSC)nc(-c2ccc(C)c(C)c2)c(C)c1-c1ccc2c(c1)NCCO2. The Kier molecular flexibility index (Phi) is 13.2. The lowest BCUT2D eigenvalue weighted by molar-refractivity contribution is -0.139. The van der Waals surface area contributed by atoms with Gasteiger partial charge in [-0.25, -0.2) is 0 Å². The van der Waals surface area contributed by atoms with Crippen LogP contribution in [0.1, 0.15) is 69.0 Å². The average Bonchev–Trinajstić information content (AvgIpc) is 2.91. The lowest BCUT2D eigenvalue weighted by Gasteiger charge is -2.23. The van der Waals surface area contributed by atoms with E-state index in [1.165, 1.54) is 24.7 Å². The number of aromatic nitrogens is 1. The maximum atomic E-state index is 12.4. The van der Waals surface area contributed by atoms with E-state index in [0.29, 0.717) is 12.4 Å². The molecule has 0 saturated carbocycles. The van der Waals surface area contributed by atoms with E-state index in [4.69, 9.17) is 19.6 Å². The second-order valence-electron chi connectivity index (χ2n) is 11.2. The van der Waals surface area contributed by atoms with E-state index in [-0.39, 0.29) is 12.4 Å². The number of benzene rings is 2. The molecular weight excluding hydrogens is 532 g/mol. The summed E-state index contributed by atoms with van der Waals surface area (Å²) in [4.78, 5) is 17.5. The molecule has 7 heteroatoms. The largest absolute Gasteiger partial charge is 0.490 e. The van der Waals surface area contributed by atoms with Crippen molar-refractivity contribution >= 4 is 23.4 Å². The molecule has 0 aliphatic carbocycles. The molecule has 3 aromatic rings. The summed E-state index contributed by atoms with van der Waals surface area (Å²) in [5.74, 6) is 1.30. The minimum absolute atomic E-state index is 0.184. The van der Waals surface area contributed by atoms with Crippen molar-refractivity contribution in [2.24, 2.45) is 0 Å². The predicted octanol–water partition coefficient (Wildman–Crippen LogP) is 7.92. The smallest absolute Gasteiger partial charge is 0.310 e. The first-order valence-electron chi connectivity index (χ1n) is 14.2. The molecule has 0 bridgehead atoms. The molecule has 224 valence electrons. The Labute approximate surface area is 251 Å². The zero-order valence-electron chi connectivity index (χ0n) is 26.5. The van der Waals surface area contributed by atoms with Gasteiger partial charge in [-0.15, -0.1) is 0 Å². The second-order valence-corrected chi connectivity index (χ2v) is 12.1. The molecule has 0 amide bonds. The van der Waals surface area contributed by atoms with Gasteiger partial charge in [0.1, 0.15) is 12.4 Å². The highest BCUT2D eigenvalue weighted by Gasteiger charge is 2.23. The summed E-state index contributed by atoms with van der Waals surface area (Å²) in [7, 11) is 1.43. The number of hydrogen-bond acceptors (Lipinski definition) is 7. The number of pyridine rings is 1. The molecule has 2 heterocycles. The van der Waals surface area contributed by atoms with Crippen LogP contribution >= 0.6 is 11.8 Å². The maximum Gasteiger partial charge on any atom is 0.310 e. The molecule has 0 spiro atoms. The van der Waals surface area contributed by atoms with Gasteiger partial charge < -0.3 is 19.9 Å². The van der Waals surface area contributed by atoms with Gasteiger partial charge in [0, 0.05) is 17.9 Å². The fraction of sp³-hybridized carbons (Fsp3) is 0.471. The number of nitrogens with one attached hydrogen (secondary N) is 1. The topological polar surface area (TPSA) is 80.7 Å². The number of esters is 1. The number of nitrogens with zero attached hydrogens (tertiary/aromatic N) is 1. The Morgan fingerprint density at radius 1 is 1.07 bits per heavy atom. The standard InChI is InChI=1S/C27H30N2O3S.C4H10O.C3H8/c1-16-6-7-20(12-17(16)2)27-18(3)26(19-8-9-24-22(13-19)28-10-11-32-24)21(14-25(30)31-4)23(29-27)15-33-5;1-4(2,3)5;1-3-2/h6-9,12-13,28H,10-11,14-15H2,1-5H3;5H,1-3H3;3H2,1-2H3. The molecule has 41 heavy (non-hydrogen) atoms. The quantitative estimate of drug-likeness (QED) is 0.287. The van der Waals surface area contributed by atoms with Gasteiger partial charge in [0.05, 0.1) is 36.2 Å². The number of hydrogen-bond donors (Lipinski definition) is 2. The first kappa shape index (κ1) is 34.2. The maximum absolute atomic E-state index is 12.4. The van der Waals surface area contributed by atoms with E-state index in [1.54, 1.807) is 32.5 Å². The number of methoxy groups -OCH3 is 1. The van der Waals surface area contributed by atoms with Crippen LogP contribution in [0.5, 0.6) is 5.75 Å². The fourth-order valence-electron chi connectivity index (χ4n) is 4.30.